The van der Waals surface area contributed by atoms with Crippen molar-refractivity contribution in [2.45, 2.75) is 6.54 Å². The van der Waals surface area contributed by atoms with Crippen molar-refractivity contribution in [1.29, 1.82) is 0 Å². The molecule has 1 amide bonds. The average Bonchev–Trinajstić information content (AvgIpc) is 2.75. The molecule has 0 unspecified atom stereocenters. The van der Waals surface area contributed by atoms with E-state index in [2.05, 4.69) is 22.3 Å². The lowest BCUT2D eigenvalue weighted by Gasteiger charge is -2.17. The molecule has 0 spiro atoms. The maximum Gasteiger partial charge on any atom is 0.289 e. The highest BCUT2D eigenvalue weighted by molar-refractivity contribution is 5.87. The molecule has 0 aliphatic rings. The Bertz CT molecular complexity index is 1210. The van der Waals surface area contributed by atoms with E-state index in [1.165, 1.54) is 19.2 Å². The smallest absolute Gasteiger partial charge is 0.289 e. The van der Waals surface area contributed by atoms with Gasteiger partial charge in [-0.3, -0.25) is 9.59 Å². The first-order valence-corrected chi connectivity index (χ1v) is 9.25. The monoisotopic (exact) mass is 426 g/mol. The topological polar surface area (TPSA) is 85.3 Å². The predicted molar refractivity (Wildman–Crippen MR) is 113 cm³/mol. The second kappa shape index (κ2) is 9.21. The molecule has 0 saturated heterocycles. The SMILES string of the molecule is C=CC(=O)NCc1cccc(Oc2ccc(F)cc2F)c1-c1cc(NC)c(=O)n(C)n1. The molecule has 0 bridgehead atoms. The number of carbonyl (C=O) groups excluding carboxylic acids is 1. The van der Waals surface area contributed by atoms with Crippen molar-refractivity contribution < 1.29 is 18.3 Å². The summed E-state index contributed by atoms with van der Waals surface area (Å²) < 4.78 is 34.4. The molecule has 0 atom stereocenters. The van der Waals surface area contributed by atoms with Gasteiger partial charge >= 0.3 is 0 Å². The number of nitrogens with zero attached hydrogens (tertiary/aromatic N) is 2. The molecule has 0 radical (unpaired) electrons. The molecule has 31 heavy (non-hydrogen) atoms. The van der Waals surface area contributed by atoms with E-state index in [9.17, 15) is 18.4 Å². The van der Waals surface area contributed by atoms with Crippen LogP contribution in [-0.2, 0) is 18.4 Å². The summed E-state index contributed by atoms with van der Waals surface area (Å²) in [5, 5.41) is 9.78. The van der Waals surface area contributed by atoms with E-state index in [1.54, 1.807) is 25.2 Å². The standard InChI is InChI=1S/C22H20F2N4O3/c1-4-20(29)26-12-13-6-5-7-19(31-18-9-8-14(23)10-15(18)24)21(13)16-11-17(25-2)22(30)28(3)27-16/h4-11,25H,1,12H2,2-3H3,(H,26,29). The van der Waals surface area contributed by atoms with E-state index in [0.29, 0.717) is 22.9 Å². The van der Waals surface area contributed by atoms with Crippen LogP contribution in [0.15, 0.2) is 59.9 Å². The fraction of sp³-hybridized carbons (Fsp3) is 0.136. The van der Waals surface area contributed by atoms with Gasteiger partial charge in [0.05, 0.1) is 5.69 Å². The van der Waals surface area contributed by atoms with Crippen molar-refractivity contribution in [2.75, 3.05) is 12.4 Å². The number of hydrogen-bond acceptors (Lipinski definition) is 5. The Morgan fingerprint density at radius 2 is 2.00 bits per heavy atom. The fourth-order valence-corrected chi connectivity index (χ4v) is 2.94. The molecule has 2 N–H and O–H groups in total. The first kappa shape index (κ1) is 21.7. The van der Waals surface area contributed by atoms with E-state index in [1.807, 2.05) is 0 Å². The number of ether oxygens (including phenoxy) is 1. The minimum absolute atomic E-state index is 0.0999. The number of carbonyl (C=O) groups is 1. The maximum atomic E-state index is 14.2. The highest BCUT2D eigenvalue weighted by Gasteiger charge is 2.18. The summed E-state index contributed by atoms with van der Waals surface area (Å²) in [6.07, 6.45) is 1.14. The minimum atomic E-state index is -0.874. The lowest BCUT2D eigenvalue weighted by atomic mass is 10.0. The van der Waals surface area contributed by atoms with E-state index in [-0.39, 0.29) is 35.2 Å². The molecule has 2 aromatic carbocycles. The van der Waals surface area contributed by atoms with Crippen molar-refractivity contribution in [3.05, 3.63) is 82.7 Å². The second-order valence-electron chi connectivity index (χ2n) is 6.51. The van der Waals surface area contributed by atoms with E-state index < -0.39 is 11.6 Å². The highest BCUT2D eigenvalue weighted by atomic mass is 19.1. The maximum absolute atomic E-state index is 14.2. The van der Waals surface area contributed by atoms with Gasteiger partial charge in [-0.15, -0.1) is 0 Å². The van der Waals surface area contributed by atoms with Crippen LogP contribution in [0.1, 0.15) is 5.56 Å². The zero-order chi connectivity index (χ0) is 22.5. The molecule has 3 rings (SSSR count). The molecule has 0 aliphatic heterocycles. The van der Waals surface area contributed by atoms with Crippen molar-refractivity contribution in [2.24, 2.45) is 7.05 Å². The summed E-state index contributed by atoms with van der Waals surface area (Å²) in [5.41, 5.74) is 1.34. The number of rotatable bonds is 7. The molecule has 0 fully saturated rings. The molecule has 9 heteroatoms. The first-order chi connectivity index (χ1) is 14.8. The molecule has 1 aromatic heterocycles. The van der Waals surface area contributed by atoms with Gasteiger partial charge in [0.2, 0.25) is 5.91 Å². The minimum Gasteiger partial charge on any atom is -0.454 e. The number of nitrogens with one attached hydrogen (secondary N) is 2. The molecule has 1 heterocycles. The van der Waals surface area contributed by atoms with Crippen LogP contribution in [0.25, 0.3) is 11.3 Å². The lowest BCUT2D eigenvalue weighted by Crippen LogP contribution is -2.23. The van der Waals surface area contributed by atoms with Crippen LogP contribution in [0.2, 0.25) is 0 Å². The van der Waals surface area contributed by atoms with Gasteiger partial charge in [0.15, 0.2) is 11.6 Å². The summed E-state index contributed by atoms with van der Waals surface area (Å²) >= 11 is 0. The van der Waals surface area contributed by atoms with E-state index >= 15 is 0 Å². The summed E-state index contributed by atoms with van der Waals surface area (Å²) in [4.78, 5) is 23.9. The first-order valence-electron chi connectivity index (χ1n) is 9.25. The molecule has 7 nitrogen and oxygen atoms in total. The van der Waals surface area contributed by atoms with Crippen molar-refractivity contribution in [3.8, 4) is 22.8 Å². The number of benzene rings is 2. The summed E-state index contributed by atoms with van der Waals surface area (Å²) in [6.45, 7) is 3.52. The highest BCUT2D eigenvalue weighted by Crippen LogP contribution is 2.36. The zero-order valence-electron chi connectivity index (χ0n) is 16.9. The van der Waals surface area contributed by atoms with Gasteiger partial charge in [0.25, 0.3) is 5.56 Å². The second-order valence-corrected chi connectivity index (χ2v) is 6.51. The van der Waals surface area contributed by atoms with Crippen LogP contribution in [-0.4, -0.2) is 22.7 Å². The molecule has 0 saturated carbocycles. The Morgan fingerprint density at radius 3 is 2.68 bits per heavy atom. The van der Waals surface area contributed by atoms with Crippen LogP contribution in [0.4, 0.5) is 14.5 Å². The largest absolute Gasteiger partial charge is 0.454 e. The molecular formula is C22H20F2N4O3. The van der Waals surface area contributed by atoms with E-state index in [4.69, 9.17) is 4.74 Å². The van der Waals surface area contributed by atoms with Crippen molar-refractivity contribution in [1.82, 2.24) is 15.1 Å². The molecule has 3 aromatic rings. The Kier molecular flexibility index (Phi) is 6.44. The van der Waals surface area contributed by atoms with Gasteiger partial charge in [-0.25, -0.2) is 13.5 Å². The van der Waals surface area contributed by atoms with Gasteiger partial charge in [0, 0.05) is 32.3 Å². The van der Waals surface area contributed by atoms with E-state index in [0.717, 1.165) is 16.8 Å². The van der Waals surface area contributed by atoms with Gasteiger partial charge in [-0.1, -0.05) is 18.7 Å². The van der Waals surface area contributed by atoms with Gasteiger partial charge < -0.3 is 15.4 Å². The van der Waals surface area contributed by atoms with Gasteiger partial charge in [-0.05, 0) is 35.9 Å². The van der Waals surface area contributed by atoms with Crippen LogP contribution >= 0.6 is 0 Å². The number of anilines is 1. The Labute approximate surface area is 177 Å². The Morgan fingerprint density at radius 1 is 1.23 bits per heavy atom. The Balaban J connectivity index is 2.17. The predicted octanol–water partition coefficient (Wildman–Crippen LogP) is 3.36. The molecule has 160 valence electrons. The Hall–Kier alpha value is -4.01. The van der Waals surface area contributed by atoms with Crippen LogP contribution < -0.4 is 20.9 Å². The van der Waals surface area contributed by atoms with Crippen molar-refractivity contribution >= 4 is 11.6 Å². The van der Waals surface area contributed by atoms with Gasteiger partial charge in [-0.2, -0.15) is 5.10 Å². The van der Waals surface area contributed by atoms with Gasteiger partial charge in [0.1, 0.15) is 17.3 Å². The zero-order valence-corrected chi connectivity index (χ0v) is 16.9. The summed E-state index contributed by atoms with van der Waals surface area (Å²) in [6, 6.07) is 9.48. The lowest BCUT2D eigenvalue weighted by molar-refractivity contribution is -0.116. The summed E-state index contributed by atoms with van der Waals surface area (Å²) in [5.74, 6) is -1.96. The number of hydrogen-bond donors (Lipinski definition) is 2. The number of halogens is 2. The third-order valence-corrected chi connectivity index (χ3v) is 4.45. The van der Waals surface area contributed by atoms with Crippen LogP contribution in [0.5, 0.6) is 11.5 Å². The molecule has 0 aliphatic carbocycles. The number of aryl methyl sites for hydroxylation is 1. The molecular weight excluding hydrogens is 406 g/mol. The summed E-state index contributed by atoms with van der Waals surface area (Å²) in [7, 11) is 3.09. The fourth-order valence-electron chi connectivity index (χ4n) is 2.94. The normalized spacial score (nSPS) is 10.5. The van der Waals surface area contributed by atoms with Crippen LogP contribution in [0.3, 0.4) is 0 Å². The third-order valence-electron chi connectivity index (χ3n) is 4.45. The average molecular weight is 426 g/mol. The third kappa shape index (κ3) is 4.77. The number of amides is 1. The van der Waals surface area contributed by atoms with Crippen molar-refractivity contribution in [3.63, 3.8) is 0 Å². The quantitative estimate of drug-likeness (QED) is 0.566. The number of aromatic nitrogens is 2. The van der Waals surface area contributed by atoms with Crippen LogP contribution in [0, 0.1) is 11.6 Å².